The third-order valence-corrected chi connectivity index (χ3v) is 5.82. The predicted octanol–water partition coefficient (Wildman–Crippen LogP) is 3.72. The van der Waals surface area contributed by atoms with Gasteiger partial charge in [-0.15, -0.1) is 0 Å². The maximum atomic E-state index is 12.9. The van der Waals surface area contributed by atoms with Crippen molar-refractivity contribution in [1.82, 2.24) is 0 Å². The Kier molecular flexibility index (Phi) is 3.28. The van der Waals surface area contributed by atoms with Crippen molar-refractivity contribution in [3.8, 4) is 0 Å². The average Bonchev–Trinajstić information content (AvgIpc) is 2.95. The third kappa shape index (κ3) is 1.81. The van der Waals surface area contributed by atoms with Crippen LogP contribution in [-0.2, 0) is 9.59 Å². The summed E-state index contributed by atoms with van der Waals surface area (Å²) < 4.78 is 1.09. The minimum atomic E-state index is -0.636. The highest BCUT2D eigenvalue weighted by Gasteiger charge is 2.59. The van der Waals surface area contributed by atoms with Crippen LogP contribution in [0.2, 0.25) is 0 Å². The van der Waals surface area contributed by atoms with Gasteiger partial charge in [0.15, 0.2) is 5.78 Å². The molecule has 19 heavy (non-hydrogen) atoms. The number of carbonyl (C=O) groups is 2. The van der Waals surface area contributed by atoms with E-state index in [2.05, 4.69) is 22.6 Å². The number of carbonyl (C=O) groups excluding carboxylic acids is 2. The first-order valence-electron chi connectivity index (χ1n) is 6.91. The van der Waals surface area contributed by atoms with Crippen LogP contribution in [0.3, 0.4) is 0 Å². The van der Waals surface area contributed by atoms with E-state index in [4.69, 9.17) is 0 Å². The zero-order valence-corrected chi connectivity index (χ0v) is 13.1. The summed E-state index contributed by atoms with van der Waals surface area (Å²) in [5.41, 5.74) is 0.404. The van der Waals surface area contributed by atoms with Crippen LogP contribution in [-0.4, -0.2) is 11.6 Å². The molecule has 0 unspecified atom stereocenters. The molecule has 3 rings (SSSR count). The second kappa shape index (κ2) is 4.69. The molecule has 1 spiro atoms. The van der Waals surface area contributed by atoms with E-state index in [1.807, 2.05) is 31.2 Å². The molecule has 100 valence electrons. The Labute approximate surface area is 127 Å². The Balaban J connectivity index is 2.07. The van der Waals surface area contributed by atoms with Crippen LogP contribution in [0, 0.1) is 14.9 Å². The molecule has 0 saturated heterocycles. The molecule has 3 heteroatoms. The summed E-state index contributed by atoms with van der Waals surface area (Å²) in [4.78, 5) is 25.5. The van der Waals surface area contributed by atoms with Crippen LogP contribution in [0.5, 0.6) is 0 Å². The summed E-state index contributed by atoms with van der Waals surface area (Å²) in [7, 11) is 0. The van der Waals surface area contributed by atoms with Crippen molar-refractivity contribution in [2.45, 2.75) is 38.5 Å². The molecular weight excluding hydrogens is 351 g/mol. The van der Waals surface area contributed by atoms with Crippen LogP contribution in [0.25, 0.3) is 0 Å². The molecule has 0 N–H and O–H groups in total. The summed E-state index contributed by atoms with van der Waals surface area (Å²) in [5.74, 6) is -0.00788. The monoisotopic (exact) mass is 368 g/mol. The van der Waals surface area contributed by atoms with Gasteiger partial charge < -0.3 is 0 Å². The highest BCUT2D eigenvalue weighted by molar-refractivity contribution is 14.1. The van der Waals surface area contributed by atoms with E-state index in [1.165, 1.54) is 0 Å². The van der Waals surface area contributed by atoms with Crippen LogP contribution >= 0.6 is 22.6 Å². The van der Waals surface area contributed by atoms with Crippen molar-refractivity contribution in [3.05, 3.63) is 33.4 Å². The van der Waals surface area contributed by atoms with Gasteiger partial charge in [0.1, 0.15) is 5.78 Å². The highest BCUT2D eigenvalue weighted by Crippen LogP contribution is 2.53. The molecule has 2 saturated carbocycles. The topological polar surface area (TPSA) is 34.1 Å². The van der Waals surface area contributed by atoms with Gasteiger partial charge in [0.25, 0.3) is 0 Å². The van der Waals surface area contributed by atoms with E-state index in [0.29, 0.717) is 0 Å². The Morgan fingerprint density at radius 1 is 1.11 bits per heavy atom. The fourth-order valence-electron chi connectivity index (χ4n) is 3.84. The summed E-state index contributed by atoms with van der Waals surface area (Å²) in [5, 5.41) is 0. The molecule has 0 bridgehead atoms. The molecule has 0 radical (unpaired) electrons. The van der Waals surface area contributed by atoms with Crippen LogP contribution in [0.1, 0.15) is 44.1 Å². The van der Waals surface area contributed by atoms with Gasteiger partial charge >= 0.3 is 0 Å². The Morgan fingerprint density at radius 2 is 1.74 bits per heavy atom. The van der Waals surface area contributed by atoms with Crippen molar-refractivity contribution in [2.75, 3.05) is 0 Å². The third-order valence-electron chi connectivity index (χ3n) is 4.84. The molecule has 0 aromatic heterocycles. The lowest BCUT2D eigenvalue weighted by Gasteiger charge is -2.19. The molecule has 1 aromatic carbocycles. The normalized spacial score (nSPS) is 29.4. The van der Waals surface area contributed by atoms with E-state index in [-0.39, 0.29) is 23.4 Å². The SMILES string of the molecule is C[C@@H]1C(=O)C2(CCCC2)C(=O)[C@H]1c1ccccc1I. The van der Waals surface area contributed by atoms with Crippen molar-refractivity contribution >= 4 is 34.2 Å². The second-order valence-corrected chi connectivity index (χ2v) is 6.97. The molecule has 2 aliphatic carbocycles. The molecule has 0 aliphatic heterocycles. The number of halogens is 1. The molecule has 0 heterocycles. The predicted molar refractivity (Wildman–Crippen MR) is 82.0 cm³/mol. The van der Waals surface area contributed by atoms with E-state index < -0.39 is 5.41 Å². The van der Waals surface area contributed by atoms with Gasteiger partial charge in [0.05, 0.1) is 11.3 Å². The summed E-state index contributed by atoms with van der Waals surface area (Å²) >= 11 is 2.27. The van der Waals surface area contributed by atoms with Crippen LogP contribution in [0.4, 0.5) is 0 Å². The zero-order valence-electron chi connectivity index (χ0n) is 11.0. The standard InChI is InChI=1S/C16H17IO2/c1-10-13(11-6-2-3-7-12(11)17)15(19)16(14(10)18)8-4-5-9-16/h2-3,6-7,10,13H,4-5,8-9H2,1H3/t10-,13+/m0/s1. The van der Waals surface area contributed by atoms with Gasteiger partial charge in [0.2, 0.25) is 0 Å². The quantitative estimate of drug-likeness (QED) is 0.559. The van der Waals surface area contributed by atoms with Gasteiger partial charge in [-0.3, -0.25) is 9.59 Å². The number of hydrogen-bond acceptors (Lipinski definition) is 2. The lowest BCUT2D eigenvalue weighted by Crippen LogP contribution is -2.31. The fourth-order valence-corrected chi connectivity index (χ4v) is 4.57. The molecule has 1 aromatic rings. The number of ketones is 2. The Bertz CT molecular complexity index is 543. The molecule has 2 nitrogen and oxygen atoms in total. The van der Waals surface area contributed by atoms with Gasteiger partial charge in [-0.25, -0.2) is 0 Å². The van der Waals surface area contributed by atoms with Gasteiger partial charge in [-0.2, -0.15) is 0 Å². The number of benzene rings is 1. The van der Waals surface area contributed by atoms with Crippen molar-refractivity contribution in [3.63, 3.8) is 0 Å². The molecule has 2 atom stereocenters. The number of Topliss-reactive ketones (excluding diaryl/α,β-unsaturated/α-hetero) is 2. The first kappa shape index (κ1) is 13.3. The van der Waals surface area contributed by atoms with Crippen molar-refractivity contribution in [1.29, 1.82) is 0 Å². The summed E-state index contributed by atoms with van der Waals surface area (Å²) in [6.45, 7) is 1.93. The minimum Gasteiger partial charge on any atom is -0.298 e. The summed E-state index contributed by atoms with van der Waals surface area (Å²) in [6.07, 6.45) is 3.58. The Morgan fingerprint density at radius 3 is 2.37 bits per heavy atom. The lowest BCUT2D eigenvalue weighted by atomic mass is 9.81. The lowest BCUT2D eigenvalue weighted by molar-refractivity contribution is -0.135. The summed E-state index contributed by atoms with van der Waals surface area (Å²) in [6, 6.07) is 7.95. The number of rotatable bonds is 1. The average molecular weight is 368 g/mol. The van der Waals surface area contributed by atoms with Crippen LogP contribution < -0.4 is 0 Å². The largest absolute Gasteiger partial charge is 0.298 e. The van der Waals surface area contributed by atoms with Gasteiger partial charge in [-0.05, 0) is 47.1 Å². The Hall–Kier alpha value is -0.710. The first-order chi connectivity index (χ1) is 9.08. The first-order valence-corrected chi connectivity index (χ1v) is 7.99. The maximum Gasteiger partial charge on any atom is 0.154 e. The molecule has 2 fully saturated rings. The van der Waals surface area contributed by atoms with Gasteiger partial charge in [0, 0.05) is 9.49 Å². The fraction of sp³-hybridized carbons (Fsp3) is 0.500. The van der Waals surface area contributed by atoms with Crippen molar-refractivity contribution in [2.24, 2.45) is 11.3 Å². The second-order valence-electron chi connectivity index (χ2n) is 5.81. The zero-order chi connectivity index (χ0) is 13.6. The smallest absolute Gasteiger partial charge is 0.154 e. The van der Waals surface area contributed by atoms with E-state index >= 15 is 0 Å². The minimum absolute atomic E-state index is 0.165. The van der Waals surface area contributed by atoms with Crippen molar-refractivity contribution < 1.29 is 9.59 Å². The van der Waals surface area contributed by atoms with Crippen LogP contribution in [0.15, 0.2) is 24.3 Å². The molecule has 0 amide bonds. The highest BCUT2D eigenvalue weighted by atomic mass is 127. The van der Waals surface area contributed by atoms with E-state index in [9.17, 15) is 9.59 Å². The number of hydrogen-bond donors (Lipinski definition) is 0. The van der Waals surface area contributed by atoms with Gasteiger partial charge in [-0.1, -0.05) is 38.0 Å². The van der Waals surface area contributed by atoms with E-state index in [1.54, 1.807) is 0 Å². The molecular formula is C16H17IO2. The van der Waals surface area contributed by atoms with E-state index in [0.717, 1.165) is 34.8 Å². The maximum absolute atomic E-state index is 12.9. The molecule has 2 aliphatic rings.